The van der Waals surface area contributed by atoms with Crippen LogP contribution < -0.4 is 5.32 Å². The lowest BCUT2D eigenvalue weighted by molar-refractivity contribution is 0.376. The molecule has 0 aliphatic heterocycles. The molecular weight excluding hydrogens is 370 g/mol. The number of pyridine rings is 1. The Morgan fingerprint density at radius 1 is 1.03 bits per heavy atom. The Bertz CT molecular complexity index is 1150. The molecule has 0 aliphatic rings. The SMILES string of the molecule is C=C(CN(C)CCNC)c1cccc(-c2oc3ncccc3c2-c2ccccc2)c1. The van der Waals surface area contributed by atoms with Crippen molar-refractivity contribution in [2.75, 3.05) is 33.7 Å². The van der Waals surface area contributed by atoms with E-state index in [1.54, 1.807) is 6.20 Å². The molecule has 0 saturated carbocycles. The number of likely N-dealkylation sites (N-methyl/N-ethyl adjacent to an activating group) is 2. The van der Waals surface area contributed by atoms with E-state index in [9.17, 15) is 0 Å². The second-order valence-electron chi connectivity index (χ2n) is 7.55. The second-order valence-corrected chi connectivity index (χ2v) is 7.55. The molecule has 0 amide bonds. The molecule has 0 spiro atoms. The molecule has 152 valence electrons. The average molecular weight is 398 g/mol. The zero-order valence-electron chi connectivity index (χ0n) is 17.6. The largest absolute Gasteiger partial charge is 0.437 e. The summed E-state index contributed by atoms with van der Waals surface area (Å²) in [5, 5.41) is 4.21. The summed E-state index contributed by atoms with van der Waals surface area (Å²) in [6.45, 7) is 7.07. The number of aromatic nitrogens is 1. The van der Waals surface area contributed by atoms with Crippen molar-refractivity contribution in [1.82, 2.24) is 15.2 Å². The first kappa shape index (κ1) is 20.1. The number of hydrogen-bond donors (Lipinski definition) is 1. The molecule has 1 N–H and O–H groups in total. The number of hydrogen-bond acceptors (Lipinski definition) is 4. The lowest BCUT2D eigenvalue weighted by Crippen LogP contribution is -2.28. The maximum Gasteiger partial charge on any atom is 0.227 e. The van der Waals surface area contributed by atoms with Gasteiger partial charge in [-0.1, -0.05) is 55.1 Å². The Kier molecular flexibility index (Phi) is 6.07. The molecule has 0 saturated heterocycles. The smallest absolute Gasteiger partial charge is 0.227 e. The predicted octanol–water partition coefficient (Wildman–Crippen LogP) is 5.33. The van der Waals surface area contributed by atoms with Crippen molar-refractivity contribution < 1.29 is 4.42 Å². The fourth-order valence-electron chi connectivity index (χ4n) is 3.71. The van der Waals surface area contributed by atoms with Crippen molar-refractivity contribution in [3.63, 3.8) is 0 Å². The van der Waals surface area contributed by atoms with E-state index in [1.165, 1.54) is 0 Å². The lowest BCUT2D eigenvalue weighted by atomic mass is 9.97. The van der Waals surface area contributed by atoms with E-state index in [-0.39, 0.29) is 0 Å². The molecule has 4 nitrogen and oxygen atoms in total. The average Bonchev–Trinajstić information content (AvgIpc) is 3.18. The van der Waals surface area contributed by atoms with E-state index < -0.39 is 0 Å². The molecule has 2 aromatic heterocycles. The Morgan fingerprint density at radius 2 is 1.83 bits per heavy atom. The van der Waals surface area contributed by atoms with Crippen LogP contribution in [0.15, 0.2) is 83.9 Å². The Hall–Kier alpha value is -3.21. The van der Waals surface area contributed by atoms with Crippen molar-refractivity contribution in [3.8, 4) is 22.5 Å². The third kappa shape index (κ3) is 4.20. The quantitative estimate of drug-likeness (QED) is 0.436. The van der Waals surface area contributed by atoms with Crippen LogP contribution in [0.2, 0.25) is 0 Å². The van der Waals surface area contributed by atoms with E-state index in [4.69, 9.17) is 4.42 Å². The van der Waals surface area contributed by atoms with Crippen LogP contribution >= 0.6 is 0 Å². The minimum Gasteiger partial charge on any atom is -0.437 e. The van der Waals surface area contributed by atoms with Crippen molar-refractivity contribution in [1.29, 1.82) is 0 Å². The van der Waals surface area contributed by atoms with Crippen LogP contribution in [0, 0.1) is 0 Å². The molecule has 0 unspecified atom stereocenters. The van der Waals surface area contributed by atoms with Crippen LogP contribution in [0.1, 0.15) is 5.56 Å². The van der Waals surface area contributed by atoms with Crippen molar-refractivity contribution in [2.45, 2.75) is 0 Å². The minimum absolute atomic E-state index is 0.655. The Labute approximate surface area is 177 Å². The summed E-state index contributed by atoms with van der Waals surface area (Å²) < 4.78 is 6.25. The molecule has 0 fully saturated rings. The number of nitrogens with zero attached hydrogens (tertiary/aromatic N) is 2. The van der Waals surface area contributed by atoms with Gasteiger partial charge in [-0.3, -0.25) is 0 Å². The second kappa shape index (κ2) is 9.08. The minimum atomic E-state index is 0.655. The number of nitrogens with one attached hydrogen (secondary N) is 1. The molecule has 0 atom stereocenters. The summed E-state index contributed by atoms with van der Waals surface area (Å²) in [6, 6.07) is 22.8. The standard InChI is InChI=1S/C26H27N3O/c1-19(18-29(3)16-15-27-2)21-11-7-12-22(17-21)25-24(20-9-5-4-6-10-20)23-13-8-14-28-26(23)30-25/h4-14,17,27H,1,15-16,18H2,2-3H3. The van der Waals surface area contributed by atoms with Gasteiger partial charge in [-0.05, 0) is 49.0 Å². The fourth-order valence-corrected chi connectivity index (χ4v) is 3.71. The Morgan fingerprint density at radius 3 is 2.63 bits per heavy atom. The van der Waals surface area contributed by atoms with Gasteiger partial charge in [0.1, 0.15) is 5.76 Å². The molecule has 2 aromatic carbocycles. The van der Waals surface area contributed by atoms with Crippen LogP contribution in [0.5, 0.6) is 0 Å². The molecule has 4 aromatic rings. The first-order valence-electron chi connectivity index (χ1n) is 10.2. The van der Waals surface area contributed by atoms with Gasteiger partial charge in [0.15, 0.2) is 0 Å². The highest BCUT2D eigenvalue weighted by molar-refractivity contribution is 6.00. The summed E-state index contributed by atoms with van der Waals surface area (Å²) in [5.41, 5.74) is 6.09. The number of rotatable bonds is 8. The lowest BCUT2D eigenvalue weighted by Gasteiger charge is -2.18. The molecule has 4 rings (SSSR count). The number of benzene rings is 2. The van der Waals surface area contributed by atoms with E-state index in [0.29, 0.717) is 5.71 Å². The van der Waals surface area contributed by atoms with Gasteiger partial charge in [0, 0.05) is 42.3 Å². The van der Waals surface area contributed by atoms with Gasteiger partial charge < -0.3 is 14.6 Å². The van der Waals surface area contributed by atoms with Gasteiger partial charge in [-0.25, -0.2) is 4.98 Å². The third-order valence-electron chi connectivity index (χ3n) is 5.27. The normalized spacial score (nSPS) is 11.3. The van der Waals surface area contributed by atoms with Crippen LogP contribution in [0.4, 0.5) is 0 Å². The zero-order chi connectivity index (χ0) is 20.9. The van der Waals surface area contributed by atoms with E-state index in [2.05, 4.69) is 71.3 Å². The topological polar surface area (TPSA) is 41.3 Å². The van der Waals surface area contributed by atoms with Crippen LogP contribution in [-0.4, -0.2) is 43.6 Å². The van der Waals surface area contributed by atoms with E-state index >= 15 is 0 Å². The first-order chi connectivity index (χ1) is 14.7. The van der Waals surface area contributed by atoms with Crippen LogP contribution in [0.3, 0.4) is 0 Å². The molecule has 30 heavy (non-hydrogen) atoms. The summed E-state index contributed by atoms with van der Waals surface area (Å²) in [5.74, 6) is 0.841. The molecular formula is C26H27N3O. The predicted molar refractivity (Wildman–Crippen MR) is 125 cm³/mol. The molecule has 0 bridgehead atoms. The van der Waals surface area contributed by atoms with Gasteiger partial charge in [0.2, 0.25) is 5.71 Å². The van der Waals surface area contributed by atoms with Gasteiger partial charge >= 0.3 is 0 Å². The van der Waals surface area contributed by atoms with Crippen molar-refractivity contribution >= 4 is 16.7 Å². The first-order valence-corrected chi connectivity index (χ1v) is 10.2. The molecule has 0 aliphatic carbocycles. The molecule has 4 heteroatoms. The Balaban J connectivity index is 1.73. The fraction of sp³-hybridized carbons (Fsp3) is 0.192. The van der Waals surface area contributed by atoms with Crippen molar-refractivity contribution in [3.05, 3.63) is 85.1 Å². The van der Waals surface area contributed by atoms with Gasteiger partial charge in [-0.2, -0.15) is 0 Å². The third-order valence-corrected chi connectivity index (χ3v) is 5.27. The zero-order valence-corrected chi connectivity index (χ0v) is 17.6. The summed E-state index contributed by atoms with van der Waals surface area (Å²) in [7, 11) is 4.09. The summed E-state index contributed by atoms with van der Waals surface area (Å²) >= 11 is 0. The number of furan rings is 1. The highest BCUT2D eigenvalue weighted by Crippen LogP contribution is 2.40. The highest BCUT2D eigenvalue weighted by atomic mass is 16.3. The maximum absolute atomic E-state index is 6.25. The van der Waals surface area contributed by atoms with Gasteiger partial charge in [0.05, 0.1) is 0 Å². The van der Waals surface area contributed by atoms with Crippen LogP contribution in [-0.2, 0) is 0 Å². The molecule has 2 heterocycles. The van der Waals surface area contributed by atoms with E-state index in [1.807, 2.05) is 31.3 Å². The summed E-state index contributed by atoms with van der Waals surface area (Å²) in [4.78, 5) is 6.71. The van der Waals surface area contributed by atoms with Gasteiger partial charge in [0.25, 0.3) is 0 Å². The van der Waals surface area contributed by atoms with Gasteiger partial charge in [-0.15, -0.1) is 0 Å². The molecule has 0 radical (unpaired) electrons. The number of fused-ring (bicyclic) bond motifs is 1. The van der Waals surface area contributed by atoms with Crippen molar-refractivity contribution in [2.24, 2.45) is 0 Å². The highest BCUT2D eigenvalue weighted by Gasteiger charge is 2.18. The monoisotopic (exact) mass is 397 g/mol. The van der Waals surface area contributed by atoms with Crippen LogP contribution in [0.25, 0.3) is 39.1 Å². The summed E-state index contributed by atoms with van der Waals surface area (Å²) in [6.07, 6.45) is 1.77. The van der Waals surface area contributed by atoms with E-state index in [0.717, 1.165) is 58.6 Å². The maximum atomic E-state index is 6.25.